The van der Waals surface area contributed by atoms with E-state index >= 15 is 0 Å². The van der Waals surface area contributed by atoms with Gasteiger partial charge in [0.25, 0.3) is 0 Å². The molecule has 0 aliphatic carbocycles. The van der Waals surface area contributed by atoms with E-state index in [0.29, 0.717) is 30.4 Å². The zero-order valence-corrected chi connectivity index (χ0v) is 18.2. The number of aryl methyl sites for hydroxylation is 1. The molecule has 1 amide bonds. The van der Waals surface area contributed by atoms with Gasteiger partial charge in [0.1, 0.15) is 0 Å². The summed E-state index contributed by atoms with van der Waals surface area (Å²) in [5, 5.41) is 6.72. The molecule has 1 aromatic heterocycles. The van der Waals surface area contributed by atoms with Crippen LogP contribution in [-0.2, 0) is 14.8 Å². The van der Waals surface area contributed by atoms with Gasteiger partial charge in [-0.1, -0.05) is 35.0 Å². The smallest absolute Gasteiger partial charge is 0.243 e. The van der Waals surface area contributed by atoms with Crippen molar-refractivity contribution in [3.63, 3.8) is 0 Å². The molecule has 0 spiro atoms. The first-order chi connectivity index (χ1) is 14.8. The molecule has 2 aromatic carbocycles. The number of piperidine rings is 1. The van der Waals surface area contributed by atoms with Crippen molar-refractivity contribution in [1.29, 1.82) is 0 Å². The van der Waals surface area contributed by atoms with Gasteiger partial charge in [0.05, 0.1) is 10.8 Å². The fourth-order valence-corrected chi connectivity index (χ4v) is 5.17. The van der Waals surface area contributed by atoms with E-state index in [1.165, 1.54) is 23.4 Å². The van der Waals surface area contributed by atoms with Crippen LogP contribution in [0.1, 0.15) is 37.1 Å². The number of nitrogens with zero attached hydrogens (tertiary/aromatic N) is 3. The number of hydrogen-bond acceptors (Lipinski definition) is 6. The Bertz CT molecular complexity index is 1170. The topological polar surface area (TPSA) is 105 Å². The molecule has 0 bridgehead atoms. The third kappa shape index (κ3) is 4.67. The molecule has 162 valence electrons. The van der Waals surface area contributed by atoms with Gasteiger partial charge in [-0.2, -0.15) is 9.29 Å². The first-order valence-corrected chi connectivity index (χ1v) is 11.6. The Morgan fingerprint density at radius 2 is 1.84 bits per heavy atom. The summed E-state index contributed by atoms with van der Waals surface area (Å²) >= 11 is 0. The average Bonchev–Trinajstić information content (AvgIpc) is 3.25. The lowest BCUT2D eigenvalue weighted by molar-refractivity contribution is -0.114. The standard InChI is InChI=1S/C22H24N4O4S/c1-15-5-7-17(8-6-15)21-24-22(30-25-21)18-4-3-13-26(14-18)31(28,29)20-11-9-19(10-12-20)23-16(2)27/h5-12,18H,3-4,13-14H2,1-2H3,(H,23,27)/t18-/m1/s1. The average molecular weight is 441 g/mol. The monoisotopic (exact) mass is 440 g/mol. The number of aromatic nitrogens is 2. The molecule has 1 atom stereocenters. The number of carbonyl (C=O) groups excluding carboxylic acids is 1. The minimum atomic E-state index is -3.67. The highest BCUT2D eigenvalue weighted by Crippen LogP contribution is 2.31. The maximum absolute atomic E-state index is 13.1. The van der Waals surface area contributed by atoms with E-state index in [9.17, 15) is 13.2 Å². The second-order valence-corrected chi connectivity index (χ2v) is 9.67. The highest BCUT2D eigenvalue weighted by Gasteiger charge is 2.33. The van der Waals surface area contributed by atoms with Crippen molar-refractivity contribution in [2.24, 2.45) is 0 Å². The molecule has 8 nitrogen and oxygen atoms in total. The van der Waals surface area contributed by atoms with Gasteiger partial charge in [-0.25, -0.2) is 8.42 Å². The molecular weight excluding hydrogens is 416 g/mol. The van der Waals surface area contributed by atoms with E-state index in [0.717, 1.165) is 17.5 Å². The summed E-state index contributed by atoms with van der Waals surface area (Å²) in [6, 6.07) is 14.0. The first-order valence-electron chi connectivity index (χ1n) is 10.1. The van der Waals surface area contributed by atoms with Crippen molar-refractivity contribution in [2.45, 2.75) is 37.5 Å². The fourth-order valence-electron chi connectivity index (χ4n) is 3.65. The Labute approximate surface area is 181 Å². The quantitative estimate of drug-likeness (QED) is 0.650. The number of carbonyl (C=O) groups is 1. The van der Waals surface area contributed by atoms with Crippen LogP contribution in [0.25, 0.3) is 11.4 Å². The molecule has 31 heavy (non-hydrogen) atoms. The van der Waals surface area contributed by atoms with Gasteiger partial charge < -0.3 is 9.84 Å². The first kappa shape index (κ1) is 21.2. The molecule has 3 aromatic rings. The van der Waals surface area contributed by atoms with Crippen molar-refractivity contribution in [3.8, 4) is 11.4 Å². The molecule has 1 saturated heterocycles. The van der Waals surface area contributed by atoms with E-state index in [1.807, 2.05) is 31.2 Å². The second-order valence-electron chi connectivity index (χ2n) is 7.73. The molecule has 1 aliphatic rings. The van der Waals surface area contributed by atoms with Crippen LogP contribution in [-0.4, -0.2) is 41.9 Å². The predicted octanol–water partition coefficient (Wildman–Crippen LogP) is 3.57. The van der Waals surface area contributed by atoms with E-state index in [2.05, 4.69) is 15.5 Å². The van der Waals surface area contributed by atoms with Crippen molar-refractivity contribution >= 4 is 21.6 Å². The van der Waals surface area contributed by atoms with Crippen molar-refractivity contribution in [3.05, 3.63) is 60.0 Å². The fraction of sp³-hybridized carbons (Fsp3) is 0.318. The molecule has 0 unspecified atom stereocenters. The van der Waals surface area contributed by atoms with Crippen LogP contribution < -0.4 is 5.32 Å². The van der Waals surface area contributed by atoms with Gasteiger partial charge in [0.15, 0.2) is 0 Å². The predicted molar refractivity (Wildman–Crippen MR) is 116 cm³/mol. The third-order valence-corrected chi connectivity index (χ3v) is 7.18. The third-order valence-electron chi connectivity index (χ3n) is 5.30. The lowest BCUT2D eigenvalue weighted by Crippen LogP contribution is -2.39. The number of benzene rings is 2. The van der Waals surface area contributed by atoms with Crippen LogP contribution in [0.2, 0.25) is 0 Å². The van der Waals surface area contributed by atoms with Crippen LogP contribution >= 0.6 is 0 Å². The lowest BCUT2D eigenvalue weighted by atomic mass is 10.00. The van der Waals surface area contributed by atoms with Gasteiger partial charge in [0.2, 0.25) is 27.6 Å². The molecule has 1 fully saturated rings. The summed E-state index contributed by atoms with van der Waals surface area (Å²) in [5.74, 6) is 0.591. The molecule has 0 saturated carbocycles. The zero-order valence-electron chi connectivity index (χ0n) is 17.4. The van der Waals surface area contributed by atoms with Gasteiger partial charge in [-0.15, -0.1) is 0 Å². The highest BCUT2D eigenvalue weighted by molar-refractivity contribution is 7.89. The molecule has 0 radical (unpaired) electrons. The molecule has 1 N–H and O–H groups in total. The van der Waals surface area contributed by atoms with Gasteiger partial charge in [0, 0.05) is 31.3 Å². The summed E-state index contributed by atoms with van der Waals surface area (Å²) in [4.78, 5) is 15.9. The van der Waals surface area contributed by atoms with E-state index in [1.54, 1.807) is 12.1 Å². The Kier molecular flexibility index (Phi) is 5.88. The number of rotatable bonds is 5. The van der Waals surface area contributed by atoms with Crippen LogP contribution in [0.4, 0.5) is 5.69 Å². The Morgan fingerprint density at radius 3 is 2.52 bits per heavy atom. The molecule has 9 heteroatoms. The van der Waals surface area contributed by atoms with Crippen molar-refractivity contribution in [2.75, 3.05) is 18.4 Å². The number of nitrogens with one attached hydrogen (secondary N) is 1. The normalized spacial score (nSPS) is 17.4. The summed E-state index contributed by atoms with van der Waals surface area (Å²) < 4.78 is 33.2. The summed E-state index contributed by atoms with van der Waals surface area (Å²) in [7, 11) is -3.67. The maximum atomic E-state index is 13.1. The Hall–Kier alpha value is -3.04. The van der Waals surface area contributed by atoms with E-state index < -0.39 is 10.0 Å². The lowest BCUT2D eigenvalue weighted by Gasteiger charge is -2.30. The van der Waals surface area contributed by atoms with Crippen LogP contribution in [0.5, 0.6) is 0 Å². The number of amides is 1. The Balaban J connectivity index is 1.50. The number of sulfonamides is 1. The number of anilines is 1. The maximum Gasteiger partial charge on any atom is 0.243 e. The SMILES string of the molecule is CC(=O)Nc1ccc(S(=O)(=O)N2CCC[C@@H](c3nc(-c4ccc(C)cc4)no3)C2)cc1. The molecule has 1 aliphatic heterocycles. The van der Waals surface area contributed by atoms with Crippen molar-refractivity contribution in [1.82, 2.24) is 14.4 Å². The van der Waals surface area contributed by atoms with Gasteiger partial charge >= 0.3 is 0 Å². The van der Waals surface area contributed by atoms with Gasteiger partial charge in [-0.3, -0.25) is 4.79 Å². The molecular formula is C22H24N4O4S. The Morgan fingerprint density at radius 1 is 1.13 bits per heavy atom. The van der Waals surface area contributed by atoms with E-state index in [-0.39, 0.29) is 23.3 Å². The zero-order chi connectivity index (χ0) is 22.0. The van der Waals surface area contributed by atoms with Gasteiger partial charge in [-0.05, 0) is 44.0 Å². The minimum Gasteiger partial charge on any atom is -0.339 e. The minimum absolute atomic E-state index is 0.158. The molecule has 4 rings (SSSR count). The van der Waals surface area contributed by atoms with Crippen LogP contribution in [0.3, 0.4) is 0 Å². The molecule has 2 heterocycles. The van der Waals surface area contributed by atoms with E-state index in [4.69, 9.17) is 4.52 Å². The summed E-state index contributed by atoms with van der Waals surface area (Å²) in [6.45, 7) is 4.13. The summed E-state index contributed by atoms with van der Waals surface area (Å²) in [6.07, 6.45) is 1.49. The largest absolute Gasteiger partial charge is 0.339 e. The highest BCUT2D eigenvalue weighted by atomic mass is 32.2. The van der Waals surface area contributed by atoms with Crippen LogP contribution in [0.15, 0.2) is 57.9 Å². The summed E-state index contributed by atoms with van der Waals surface area (Å²) in [5.41, 5.74) is 2.56. The number of hydrogen-bond donors (Lipinski definition) is 1. The second kappa shape index (κ2) is 8.60. The van der Waals surface area contributed by atoms with Crippen LogP contribution in [0, 0.1) is 6.92 Å². The van der Waals surface area contributed by atoms with Crippen molar-refractivity contribution < 1.29 is 17.7 Å².